The van der Waals surface area contributed by atoms with Crippen molar-refractivity contribution in [2.75, 3.05) is 13.2 Å². The molecule has 0 aliphatic heterocycles. The third-order valence-electron chi connectivity index (χ3n) is 2.18. The average Bonchev–Trinajstić information content (AvgIpc) is 2.27. The zero-order valence-electron chi connectivity index (χ0n) is 10.3. The highest BCUT2D eigenvalue weighted by atomic mass is 32.1. The van der Waals surface area contributed by atoms with Gasteiger partial charge in [0.15, 0.2) is 0 Å². The Morgan fingerprint density at radius 3 is 2.59 bits per heavy atom. The smallest absolute Gasteiger partial charge is 0.224 e. The molecule has 0 saturated heterocycles. The van der Waals surface area contributed by atoms with Gasteiger partial charge in [-0.3, -0.25) is 4.79 Å². The maximum Gasteiger partial charge on any atom is 0.224 e. The Kier molecular flexibility index (Phi) is 6.08. The van der Waals surface area contributed by atoms with Crippen LogP contribution in [0, 0.1) is 0 Å². The van der Waals surface area contributed by atoms with Crippen molar-refractivity contribution in [3.05, 3.63) is 29.8 Å². The van der Waals surface area contributed by atoms with E-state index >= 15 is 0 Å². The molecule has 0 bridgehead atoms. The van der Waals surface area contributed by atoms with Gasteiger partial charge in [-0.1, -0.05) is 12.1 Å². The minimum absolute atomic E-state index is 0.0178. The molecule has 0 fully saturated rings. The molecular weight excluding hydrogens is 234 g/mol. The maximum absolute atomic E-state index is 11.6. The highest BCUT2D eigenvalue weighted by molar-refractivity contribution is 7.80. The number of carbonyl (C=O) groups is 1. The molecule has 4 heteroatoms. The summed E-state index contributed by atoms with van der Waals surface area (Å²) in [6.45, 7) is 5.06. The number of hydrogen-bond donors (Lipinski definition) is 2. The third-order valence-corrected chi connectivity index (χ3v) is 2.47. The molecule has 0 heterocycles. The van der Waals surface area contributed by atoms with Crippen LogP contribution in [0.2, 0.25) is 0 Å². The molecule has 1 rings (SSSR count). The van der Waals surface area contributed by atoms with Crippen molar-refractivity contribution in [1.29, 1.82) is 0 Å². The average molecular weight is 253 g/mol. The minimum Gasteiger partial charge on any atom is -0.377 e. The van der Waals surface area contributed by atoms with Crippen LogP contribution in [0.25, 0.3) is 0 Å². The molecule has 94 valence electrons. The highest BCUT2D eigenvalue weighted by Gasteiger charge is 2.02. The normalized spacial score (nSPS) is 10.6. The predicted molar refractivity (Wildman–Crippen MR) is 71.5 cm³/mol. The Morgan fingerprint density at radius 1 is 1.35 bits per heavy atom. The van der Waals surface area contributed by atoms with Gasteiger partial charge in [0.25, 0.3) is 0 Å². The first-order valence-corrected chi connectivity index (χ1v) is 6.19. The lowest BCUT2D eigenvalue weighted by molar-refractivity contribution is -0.120. The zero-order valence-corrected chi connectivity index (χ0v) is 11.2. The SMILES string of the molecule is CC(C)OCCNC(=O)Cc1ccc(S)cc1. The van der Waals surface area contributed by atoms with Crippen molar-refractivity contribution in [1.82, 2.24) is 5.32 Å². The third kappa shape index (κ3) is 6.34. The summed E-state index contributed by atoms with van der Waals surface area (Å²) >= 11 is 4.19. The van der Waals surface area contributed by atoms with Gasteiger partial charge >= 0.3 is 0 Å². The second-order valence-electron chi connectivity index (χ2n) is 4.11. The van der Waals surface area contributed by atoms with Gasteiger partial charge in [0, 0.05) is 11.4 Å². The van der Waals surface area contributed by atoms with Crippen LogP contribution in [0.1, 0.15) is 19.4 Å². The molecule has 0 spiro atoms. The number of nitrogens with one attached hydrogen (secondary N) is 1. The molecule has 17 heavy (non-hydrogen) atoms. The second kappa shape index (κ2) is 7.35. The number of carbonyl (C=O) groups excluding carboxylic acids is 1. The van der Waals surface area contributed by atoms with E-state index in [-0.39, 0.29) is 12.0 Å². The lowest BCUT2D eigenvalue weighted by Gasteiger charge is -2.08. The Balaban J connectivity index is 2.23. The summed E-state index contributed by atoms with van der Waals surface area (Å²) in [6.07, 6.45) is 0.602. The van der Waals surface area contributed by atoms with Crippen LogP contribution in [0.3, 0.4) is 0 Å². The van der Waals surface area contributed by atoms with Crippen LogP contribution in [0.15, 0.2) is 29.2 Å². The van der Waals surface area contributed by atoms with E-state index in [1.807, 2.05) is 38.1 Å². The largest absolute Gasteiger partial charge is 0.377 e. The first-order chi connectivity index (χ1) is 8.08. The van der Waals surface area contributed by atoms with Crippen molar-refractivity contribution in [2.45, 2.75) is 31.3 Å². The van der Waals surface area contributed by atoms with E-state index in [1.165, 1.54) is 0 Å². The fourth-order valence-corrected chi connectivity index (χ4v) is 1.50. The Morgan fingerprint density at radius 2 is 2.00 bits per heavy atom. The van der Waals surface area contributed by atoms with Crippen molar-refractivity contribution < 1.29 is 9.53 Å². The quantitative estimate of drug-likeness (QED) is 0.601. The van der Waals surface area contributed by atoms with E-state index in [4.69, 9.17) is 4.74 Å². The van der Waals surface area contributed by atoms with E-state index in [9.17, 15) is 4.79 Å². The lowest BCUT2D eigenvalue weighted by atomic mass is 10.1. The predicted octanol–water partition coefficient (Wildman–Crippen LogP) is 2.06. The van der Waals surface area contributed by atoms with Gasteiger partial charge in [0.2, 0.25) is 5.91 Å². The molecule has 1 amide bonds. The molecule has 0 aliphatic rings. The summed E-state index contributed by atoms with van der Waals surface area (Å²) in [5, 5.41) is 2.82. The van der Waals surface area contributed by atoms with Crippen molar-refractivity contribution in [2.24, 2.45) is 0 Å². The minimum atomic E-state index is 0.0178. The summed E-state index contributed by atoms with van der Waals surface area (Å²) in [4.78, 5) is 12.5. The van der Waals surface area contributed by atoms with Gasteiger partial charge in [0.1, 0.15) is 0 Å². The van der Waals surface area contributed by atoms with Gasteiger partial charge in [-0.05, 0) is 31.5 Å². The van der Waals surface area contributed by atoms with Gasteiger partial charge in [-0.15, -0.1) is 12.6 Å². The summed E-state index contributed by atoms with van der Waals surface area (Å²) in [6, 6.07) is 7.58. The Bertz CT molecular complexity index is 349. The van der Waals surface area contributed by atoms with Crippen LogP contribution in [0.5, 0.6) is 0 Å². The van der Waals surface area contributed by atoms with Crippen molar-refractivity contribution in [3.8, 4) is 0 Å². The number of ether oxygens (including phenoxy) is 1. The van der Waals surface area contributed by atoms with E-state index in [1.54, 1.807) is 0 Å². The summed E-state index contributed by atoms with van der Waals surface area (Å²) < 4.78 is 5.33. The molecule has 0 saturated carbocycles. The molecule has 0 aromatic heterocycles. The lowest BCUT2D eigenvalue weighted by Crippen LogP contribution is -2.29. The van der Waals surface area contributed by atoms with E-state index in [0.29, 0.717) is 19.6 Å². The molecule has 0 atom stereocenters. The molecular formula is C13H19NO2S. The first kappa shape index (κ1) is 14.1. The van der Waals surface area contributed by atoms with Gasteiger partial charge in [-0.2, -0.15) is 0 Å². The van der Waals surface area contributed by atoms with Crippen LogP contribution in [-0.2, 0) is 16.0 Å². The van der Waals surface area contributed by atoms with E-state index in [0.717, 1.165) is 10.5 Å². The maximum atomic E-state index is 11.6. The van der Waals surface area contributed by atoms with Gasteiger partial charge < -0.3 is 10.1 Å². The summed E-state index contributed by atoms with van der Waals surface area (Å²) in [5.41, 5.74) is 0.991. The molecule has 0 unspecified atom stereocenters. The monoisotopic (exact) mass is 253 g/mol. The number of hydrogen-bond acceptors (Lipinski definition) is 3. The number of amides is 1. The fourth-order valence-electron chi connectivity index (χ4n) is 1.35. The standard InChI is InChI=1S/C13H19NO2S/c1-10(2)16-8-7-14-13(15)9-11-3-5-12(17)6-4-11/h3-6,10,17H,7-9H2,1-2H3,(H,14,15). The van der Waals surface area contributed by atoms with Crippen LogP contribution in [-0.4, -0.2) is 25.2 Å². The van der Waals surface area contributed by atoms with E-state index in [2.05, 4.69) is 17.9 Å². The van der Waals surface area contributed by atoms with Gasteiger partial charge in [0.05, 0.1) is 19.1 Å². The first-order valence-electron chi connectivity index (χ1n) is 5.74. The van der Waals surface area contributed by atoms with Crippen molar-refractivity contribution in [3.63, 3.8) is 0 Å². The molecule has 0 aliphatic carbocycles. The van der Waals surface area contributed by atoms with Crippen molar-refractivity contribution >= 4 is 18.5 Å². The molecule has 0 radical (unpaired) electrons. The van der Waals surface area contributed by atoms with Gasteiger partial charge in [-0.25, -0.2) is 0 Å². The van der Waals surface area contributed by atoms with Crippen LogP contribution >= 0.6 is 12.6 Å². The number of benzene rings is 1. The Labute approximate surface area is 108 Å². The zero-order chi connectivity index (χ0) is 12.7. The molecule has 1 N–H and O–H groups in total. The summed E-state index contributed by atoms with van der Waals surface area (Å²) in [5.74, 6) is 0.0178. The molecule has 1 aromatic carbocycles. The summed E-state index contributed by atoms with van der Waals surface area (Å²) in [7, 11) is 0. The molecule has 3 nitrogen and oxygen atoms in total. The van der Waals surface area contributed by atoms with E-state index < -0.39 is 0 Å². The number of thiol groups is 1. The Hall–Kier alpha value is -1.00. The number of rotatable bonds is 6. The van der Waals surface area contributed by atoms with Crippen LogP contribution < -0.4 is 5.32 Å². The van der Waals surface area contributed by atoms with Crippen LogP contribution in [0.4, 0.5) is 0 Å². The topological polar surface area (TPSA) is 38.3 Å². The highest BCUT2D eigenvalue weighted by Crippen LogP contribution is 2.07. The second-order valence-corrected chi connectivity index (χ2v) is 4.63. The molecule has 1 aromatic rings. The fraction of sp³-hybridized carbons (Fsp3) is 0.462.